The van der Waals surface area contributed by atoms with Crippen LogP contribution >= 0.6 is 0 Å². The number of carbonyl (C=O) groups excluding carboxylic acids is 1. The maximum atomic E-state index is 12.1. The molecule has 0 bridgehead atoms. The van der Waals surface area contributed by atoms with Crippen LogP contribution in [0.25, 0.3) is 0 Å². The Bertz CT molecular complexity index is 479. The number of aliphatic carboxylic acids is 1. The lowest BCUT2D eigenvalue weighted by Crippen LogP contribution is -2.35. The third-order valence-electron chi connectivity index (χ3n) is 3.28. The number of ether oxygens (including phenoxy) is 1. The molecular formula is C15H19NO4. The molecule has 0 saturated heterocycles. The van der Waals surface area contributed by atoms with E-state index in [-0.39, 0.29) is 12.5 Å². The second kappa shape index (κ2) is 6.41. The fraction of sp³-hybridized carbons (Fsp3) is 0.467. The Balaban J connectivity index is 1.96. The van der Waals surface area contributed by atoms with Crippen LogP contribution < -0.4 is 4.74 Å². The Morgan fingerprint density at radius 3 is 2.45 bits per heavy atom. The zero-order chi connectivity index (χ0) is 14.5. The predicted octanol–water partition coefficient (Wildman–Crippen LogP) is 2.02. The van der Waals surface area contributed by atoms with Crippen LogP contribution in [0.3, 0.4) is 0 Å². The molecule has 1 aliphatic rings. The van der Waals surface area contributed by atoms with Crippen LogP contribution in [-0.2, 0) is 4.79 Å². The molecule has 0 atom stereocenters. The second-order valence-electron chi connectivity index (χ2n) is 4.99. The second-order valence-corrected chi connectivity index (χ2v) is 4.99. The van der Waals surface area contributed by atoms with E-state index in [1.165, 1.54) is 17.7 Å². The highest BCUT2D eigenvalue weighted by Crippen LogP contribution is 2.29. The van der Waals surface area contributed by atoms with Gasteiger partial charge in [-0.25, -0.2) is 0 Å². The molecule has 2 rings (SSSR count). The lowest BCUT2D eigenvalue weighted by atomic mass is 10.2. The molecule has 0 aromatic heterocycles. The van der Waals surface area contributed by atoms with Gasteiger partial charge in [0.05, 0.1) is 6.61 Å². The predicted molar refractivity (Wildman–Crippen MR) is 73.9 cm³/mol. The van der Waals surface area contributed by atoms with Gasteiger partial charge in [-0.2, -0.15) is 0 Å². The van der Waals surface area contributed by atoms with Crippen molar-refractivity contribution in [1.82, 2.24) is 4.90 Å². The van der Waals surface area contributed by atoms with E-state index in [1.807, 2.05) is 0 Å². The number of nitrogens with zero attached hydrogens (tertiary/aromatic N) is 1. The Kier molecular flexibility index (Phi) is 4.61. The Morgan fingerprint density at radius 2 is 1.95 bits per heavy atom. The minimum Gasteiger partial charge on any atom is -0.493 e. The standard InChI is InChI=1S/C15H19NO4/c1-2-16(9-14(17)18)15(19)12-5-7-13(8-6-12)20-10-11-3-4-11/h5-8,11H,2-4,9-10H2,1H3,(H,17,18). The van der Waals surface area contributed by atoms with Crippen molar-refractivity contribution in [2.24, 2.45) is 5.92 Å². The number of carboxylic acids is 1. The summed E-state index contributed by atoms with van der Waals surface area (Å²) in [5.74, 6) is 0.144. The van der Waals surface area contributed by atoms with Crippen molar-refractivity contribution in [2.75, 3.05) is 19.7 Å². The van der Waals surface area contributed by atoms with Crippen LogP contribution in [-0.4, -0.2) is 41.6 Å². The van der Waals surface area contributed by atoms with E-state index in [1.54, 1.807) is 31.2 Å². The summed E-state index contributed by atoms with van der Waals surface area (Å²) in [4.78, 5) is 24.1. The fourth-order valence-electron chi connectivity index (χ4n) is 1.87. The highest BCUT2D eigenvalue weighted by Gasteiger charge is 2.22. The molecule has 5 nitrogen and oxygen atoms in total. The number of carboxylic acid groups (broad SMARTS) is 1. The van der Waals surface area contributed by atoms with Crippen molar-refractivity contribution in [3.05, 3.63) is 29.8 Å². The van der Waals surface area contributed by atoms with Crippen molar-refractivity contribution in [1.29, 1.82) is 0 Å². The minimum atomic E-state index is -1.01. The van der Waals surface area contributed by atoms with Gasteiger partial charge in [0.1, 0.15) is 12.3 Å². The lowest BCUT2D eigenvalue weighted by Gasteiger charge is -2.18. The van der Waals surface area contributed by atoms with E-state index in [0.717, 1.165) is 12.4 Å². The Morgan fingerprint density at radius 1 is 1.30 bits per heavy atom. The molecule has 1 aromatic rings. The first-order valence-electron chi connectivity index (χ1n) is 6.84. The van der Waals surface area contributed by atoms with Crippen LogP contribution in [0.1, 0.15) is 30.1 Å². The van der Waals surface area contributed by atoms with Crippen LogP contribution in [0, 0.1) is 5.92 Å². The lowest BCUT2D eigenvalue weighted by molar-refractivity contribution is -0.137. The van der Waals surface area contributed by atoms with Gasteiger partial charge in [0.15, 0.2) is 0 Å². The van der Waals surface area contributed by atoms with E-state index in [9.17, 15) is 9.59 Å². The van der Waals surface area contributed by atoms with Gasteiger partial charge in [-0.1, -0.05) is 0 Å². The first kappa shape index (κ1) is 14.4. The van der Waals surface area contributed by atoms with Crippen LogP contribution in [0.15, 0.2) is 24.3 Å². The minimum absolute atomic E-state index is 0.274. The number of hydrogen-bond donors (Lipinski definition) is 1. The van der Waals surface area contributed by atoms with Crippen molar-refractivity contribution < 1.29 is 19.4 Å². The zero-order valence-electron chi connectivity index (χ0n) is 11.5. The van der Waals surface area contributed by atoms with E-state index < -0.39 is 5.97 Å². The molecule has 0 aliphatic heterocycles. The van der Waals surface area contributed by atoms with Gasteiger partial charge in [0, 0.05) is 12.1 Å². The molecule has 0 heterocycles. The number of likely N-dealkylation sites (N-methyl/N-ethyl adjacent to an activating group) is 1. The third-order valence-corrected chi connectivity index (χ3v) is 3.28. The zero-order valence-corrected chi connectivity index (χ0v) is 11.5. The van der Waals surface area contributed by atoms with Crippen LogP contribution in [0.2, 0.25) is 0 Å². The van der Waals surface area contributed by atoms with Gasteiger partial charge in [0.25, 0.3) is 5.91 Å². The van der Waals surface area contributed by atoms with E-state index in [2.05, 4.69) is 0 Å². The maximum absolute atomic E-state index is 12.1. The number of carbonyl (C=O) groups is 2. The number of hydrogen-bond acceptors (Lipinski definition) is 3. The highest BCUT2D eigenvalue weighted by molar-refractivity contribution is 5.95. The molecule has 5 heteroatoms. The molecule has 0 spiro atoms. The first-order chi connectivity index (χ1) is 9.60. The molecule has 1 amide bonds. The van der Waals surface area contributed by atoms with E-state index in [4.69, 9.17) is 9.84 Å². The molecule has 1 fully saturated rings. The summed E-state index contributed by atoms with van der Waals surface area (Å²) in [5, 5.41) is 8.77. The van der Waals surface area contributed by atoms with Crippen molar-refractivity contribution >= 4 is 11.9 Å². The topological polar surface area (TPSA) is 66.8 Å². The Hall–Kier alpha value is -2.04. The summed E-state index contributed by atoms with van der Waals surface area (Å²) in [6.45, 7) is 2.57. The van der Waals surface area contributed by atoms with Crippen molar-refractivity contribution in [2.45, 2.75) is 19.8 Å². The molecule has 0 radical (unpaired) electrons. The third kappa shape index (κ3) is 3.98. The largest absolute Gasteiger partial charge is 0.493 e. The Labute approximate surface area is 118 Å². The van der Waals surface area contributed by atoms with Gasteiger partial charge < -0.3 is 14.7 Å². The van der Waals surface area contributed by atoms with Gasteiger partial charge in [-0.15, -0.1) is 0 Å². The van der Waals surface area contributed by atoms with Gasteiger partial charge in [-0.3, -0.25) is 9.59 Å². The van der Waals surface area contributed by atoms with Gasteiger partial charge in [0.2, 0.25) is 0 Å². The monoisotopic (exact) mass is 277 g/mol. The summed E-state index contributed by atoms with van der Waals surface area (Å²) in [6, 6.07) is 6.86. The van der Waals surface area contributed by atoms with Gasteiger partial charge >= 0.3 is 5.97 Å². The molecule has 20 heavy (non-hydrogen) atoms. The normalized spacial score (nSPS) is 13.8. The van der Waals surface area contributed by atoms with Crippen LogP contribution in [0.5, 0.6) is 5.75 Å². The SMILES string of the molecule is CCN(CC(=O)O)C(=O)c1ccc(OCC2CC2)cc1. The van der Waals surface area contributed by atoms with Crippen LogP contribution in [0.4, 0.5) is 0 Å². The summed E-state index contributed by atoms with van der Waals surface area (Å²) in [6.07, 6.45) is 2.47. The highest BCUT2D eigenvalue weighted by atomic mass is 16.5. The smallest absolute Gasteiger partial charge is 0.323 e. The molecule has 108 valence electrons. The molecule has 1 aliphatic carbocycles. The number of benzene rings is 1. The number of rotatable bonds is 7. The summed E-state index contributed by atoms with van der Waals surface area (Å²) in [7, 11) is 0. The molecule has 1 saturated carbocycles. The van der Waals surface area contributed by atoms with Crippen molar-refractivity contribution in [3.63, 3.8) is 0 Å². The fourth-order valence-corrected chi connectivity index (χ4v) is 1.87. The number of amides is 1. The molecular weight excluding hydrogens is 258 g/mol. The average Bonchev–Trinajstić information content (AvgIpc) is 3.26. The van der Waals surface area contributed by atoms with E-state index >= 15 is 0 Å². The molecule has 1 aromatic carbocycles. The quantitative estimate of drug-likeness (QED) is 0.828. The van der Waals surface area contributed by atoms with E-state index in [0.29, 0.717) is 18.0 Å². The maximum Gasteiger partial charge on any atom is 0.323 e. The summed E-state index contributed by atoms with van der Waals surface area (Å²) >= 11 is 0. The summed E-state index contributed by atoms with van der Waals surface area (Å²) < 4.78 is 5.60. The molecule has 0 unspecified atom stereocenters. The average molecular weight is 277 g/mol. The van der Waals surface area contributed by atoms with Gasteiger partial charge in [-0.05, 0) is 49.9 Å². The summed E-state index contributed by atoms with van der Waals surface area (Å²) in [5.41, 5.74) is 0.479. The molecule has 1 N–H and O–H groups in total. The van der Waals surface area contributed by atoms with Crippen molar-refractivity contribution in [3.8, 4) is 5.75 Å². The first-order valence-corrected chi connectivity index (χ1v) is 6.84.